The Morgan fingerprint density at radius 2 is 1.65 bits per heavy atom. The zero-order chi connectivity index (χ0) is 22.0. The van der Waals surface area contributed by atoms with Gasteiger partial charge in [0.15, 0.2) is 0 Å². The molecule has 0 aromatic heterocycles. The minimum absolute atomic E-state index is 0.0639. The summed E-state index contributed by atoms with van der Waals surface area (Å²) in [5.74, 6) is 0.733. The summed E-state index contributed by atoms with van der Waals surface area (Å²) < 4.78 is 10.4. The normalized spacial score (nSPS) is 18.4. The summed E-state index contributed by atoms with van der Waals surface area (Å²) in [5, 5.41) is 5.55. The molecule has 9 heteroatoms. The van der Waals surface area contributed by atoms with Crippen LogP contribution in [-0.2, 0) is 9.59 Å². The monoisotopic (exact) mass is 439 g/mol. The molecule has 0 N–H and O–H groups in total. The van der Waals surface area contributed by atoms with E-state index < -0.39 is 11.1 Å². The Labute approximate surface area is 183 Å². The molecule has 1 atom stereocenters. The molecule has 4 rings (SSSR count). The maximum atomic E-state index is 13.1. The highest BCUT2D eigenvalue weighted by Crippen LogP contribution is 2.34. The molecule has 3 amide bonds. The van der Waals surface area contributed by atoms with E-state index in [1.807, 2.05) is 48.5 Å². The van der Waals surface area contributed by atoms with Gasteiger partial charge in [-0.15, -0.1) is 0 Å². The third kappa shape index (κ3) is 4.27. The minimum Gasteiger partial charge on any atom is -0.497 e. The van der Waals surface area contributed by atoms with Crippen LogP contribution in [0.15, 0.2) is 53.6 Å². The van der Waals surface area contributed by atoms with Gasteiger partial charge in [0.1, 0.15) is 18.0 Å². The van der Waals surface area contributed by atoms with Gasteiger partial charge >= 0.3 is 0 Å². The number of benzene rings is 2. The van der Waals surface area contributed by atoms with Gasteiger partial charge in [-0.25, -0.2) is 5.01 Å². The largest absolute Gasteiger partial charge is 0.497 e. The molecule has 2 aromatic carbocycles. The second kappa shape index (κ2) is 8.81. The summed E-state index contributed by atoms with van der Waals surface area (Å²) in [5.41, 5.74) is 2.50. The number of hydrogen-bond donors (Lipinski definition) is 0. The molecule has 0 saturated carbocycles. The average molecular weight is 439 g/mol. The SMILES string of the molecule is COc1ccc(C2=NN(C(=O)CN3C(=O)CSC3=O)C(c3ccc(OC)cc3)C2)cc1. The van der Waals surface area contributed by atoms with Crippen LogP contribution in [0.25, 0.3) is 0 Å². The average Bonchev–Trinajstić information content (AvgIpc) is 3.38. The van der Waals surface area contributed by atoms with Crippen molar-refractivity contribution in [2.75, 3.05) is 26.5 Å². The molecule has 0 spiro atoms. The number of ether oxygens (including phenoxy) is 2. The number of carbonyl (C=O) groups excluding carboxylic acids is 3. The summed E-state index contributed by atoms with van der Waals surface area (Å²) in [6.45, 7) is -0.323. The Kier molecular flexibility index (Phi) is 5.94. The van der Waals surface area contributed by atoms with Crippen molar-refractivity contribution in [3.63, 3.8) is 0 Å². The topological polar surface area (TPSA) is 88.5 Å². The minimum atomic E-state index is -0.409. The smallest absolute Gasteiger partial charge is 0.289 e. The van der Waals surface area contributed by atoms with Crippen LogP contribution in [0.5, 0.6) is 11.5 Å². The molecule has 2 aliphatic heterocycles. The Balaban J connectivity index is 1.63. The third-order valence-corrected chi connectivity index (χ3v) is 6.08. The standard InChI is InChI=1S/C22H21N3O5S/c1-29-16-7-3-14(4-8-16)18-11-19(15-5-9-17(30-2)10-6-15)25(23-18)20(26)12-24-21(27)13-31-22(24)28/h3-10,19H,11-13H2,1-2H3. The van der Waals surface area contributed by atoms with Crippen LogP contribution in [0, 0.1) is 0 Å². The van der Waals surface area contributed by atoms with E-state index >= 15 is 0 Å². The molecule has 2 aliphatic rings. The highest BCUT2D eigenvalue weighted by atomic mass is 32.2. The van der Waals surface area contributed by atoms with Gasteiger partial charge in [0.2, 0.25) is 5.91 Å². The van der Waals surface area contributed by atoms with E-state index in [0.29, 0.717) is 12.2 Å². The zero-order valence-electron chi connectivity index (χ0n) is 17.1. The molecule has 1 fully saturated rings. The number of nitrogens with zero attached hydrogens (tertiary/aromatic N) is 3. The van der Waals surface area contributed by atoms with E-state index in [0.717, 1.165) is 39.2 Å². The van der Waals surface area contributed by atoms with Crippen molar-refractivity contribution in [1.29, 1.82) is 0 Å². The molecule has 31 heavy (non-hydrogen) atoms. The number of methoxy groups -OCH3 is 2. The molecule has 0 aliphatic carbocycles. The van der Waals surface area contributed by atoms with Gasteiger partial charge in [-0.05, 0) is 47.5 Å². The van der Waals surface area contributed by atoms with Gasteiger partial charge in [0.25, 0.3) is 11.1 Å². The summed E-state index contributed by atoms with van der Waals surface area (Å²) >= 11 is 0.905. The Bertz CT molecular complexity index is 1020. The van der Waals surface area contributed by atoms with Crippen molar-refractivity contribution < 1.29 is 23.9 Å². The van der Waals surface area contributed by atoms with E-state index in [4.69, 9.17) is 9.47 Å². The van der Waals surface area contributed by atoms with Crippen molar-refractivity contribution in [3.8, 4) is 11.5 Å². The van der Waals surface area contributed by atoms with Crippen LogP contribution in [0.3, 0.4) is 0 Å². The Hall–Kier alpha value is -3.33. The fraction of sp³-hybridized carbons (Fsp3) is 0.273. The molecule has 2 heterocycles. The third-order valence-electron chi connectivity index (χ3n) is 5.22. The van der Waals surface area contributed by atoms with Gasteiger partial charge in [0, 0.05) is 6.42 Å². The highest BCUT2D eigenvalue weighted by molar-refractivity contribution is 8.14. The molecule has 0 bridgehead atoms. The van der Waals surface area contributed by atoms with Crippen molar-refractivity contribution in [1.82, 2.24) is 9.91 Å². The lowest BCUT2D eigenvalue weighted by Crippen LogP contribution is -2.40. The quantitative estimate of drug-likeness (QED) is 0.687. The predicted molar refractivity (Wildman–Crippen MR) is 116 cm³/mol. The number of imide groups is 1. The van der Waals surface area contributed by atoms with E-state index in [1.54, 1.807) is 14.2 Å². The van der Waals surface area contributed by atoms with Gasteiger partial charge in [-0.1, -0.05) is 23.9 Å². The van der Waals surface area contributed by atoms with E-state index in [-0.39, 0.29) is 24.2 Å². The van der Waals surface area contributed by atoms with Crippen molar-refractivity contribution in [3.05, 3.63) is 59.7 Å². The number of amides is 3. The molecule has 1 saturated heterocycles. The maximum absolute atomic E-state index is 13.1. The molecule has 8 nitrogen and oxygen atoms in total. The summed E-state index contributed by atoms with van der Waals surface area (Å²) in [4.78, 5) is 38.0. The molecular weight excluding hydrogens is 418 g/mol. The van der Waals surface area contributed by atoms with Crippen LogP contribution in [-0.4, -0.2) is 59.2 Å². The fourth-order valence-corrected chi connectivity index (χ4v) is 4.25. The predicted octanol–water partition coefficient (Wildman–Crippen LogP) is 3.08. The Morgan fingerprint density at radius 1 is 1.03 bits per heavy atom. The first-order chi connectivity index (χ1) is 15.0. The highest BCUT2D eigenvalue weighted by Gasteiger charge is 2.37. The van der Waals surface area contributed by atoms with Gasteiger partial charge in [-0.3, -0.25) is 19.3 Å². The number of hydrazone groups is 1. The number of hydrogen-bond acceptors (Lipinski definition) is 7. The van der Waals surface area contributed by atoms with Crippen LogP contribution < -0.4 is 9.47 Å². The first-order valence-corrected chi connectivity index (χ1v) is 10.6. The number of carbonyl (C=O) groups is 3. The second-order valence-electron chi connectivity index (χ2n) is 7.04. The lowest BCUT2D eigenvalue weighted by Gasteiger charge is -2.24. The molecule has 0 radical (unpaired) electrons. The summed E-state index contributed by atoms with van der Waals surface area (Å²) in [6.07, 6.45) is 0.501. The lowest BCUT2D eigenvalue weighted by atomic mass is 9.98. The van der Waals surface area contributed by atoms with Gasteiger partial charge in [0.05, 0.1) is 31.7 Å². The van der Waals surface area contributed by atoms with Crippen molar-refractivity contribution in [2.45, 2.75) is 12.5 Å². The van der Waals surface area contributed by atoms with E-state index in [2.05, 4.69) is 5.10 Å². The summed E-state index contributed by atoms with van der Waals surface area (Å²) in [7, 11) is 3.19. The van der Waals surface area contributed by atoms with E-state index in [9.17, 15) is 14.4 Å². The van der Waals surface area contributed by atoms with Gasteiger partial charge in [-0.2, -0.15) is 5.10 Å². The summed E-state index contributed by atoms with van der Waals surface area (Å²) in [6, 6.07) is 14.5. The second-order valence-corrected chi connectivity index (χ2v) is 7.97. The molecule has 2 aromatic rings. The number of rotatable bonds is 6. The van der Waals surface area contributed by atoms with Crippen LogP contribution in [0.2, 0.25) is 0 Å². The molecule has 160 valence electrons. The van der Waals surface area contributed by atoms with Crippen LogP contribution in [0.1, 0.15) is 23.6 Å². The van der Waals surface area contributed by atoms with Crippen molar-refractivity contribution in [2.24, 2.45) is 5.10 Å². The molecule has 1 unspecified atom stereocenters. The zero-order valence-corrected chi connectivity index (χ0v) is 17.9. The lowest BCUT2D eigenvalue weighted by molar-refractivity contribution is -0.137. The first-order valence-electron chi connectivity index (χ1n) is 9.65. The first kappa shape index (κ1) is 20.9. The van der Waals surface area contributed by atoms with Crippen LogP contribution in [0.4, 0.5) is 4.79 Å². The number of thioether (sulfide) groups is 1. The molecular formula is C22H21N3O5S. The fourth-order valence-electron chi connectivity index (χ4n) is 3.53. The van der Waals surface area contributed by atoms with Crippen LogP contribution >= 0.6 is 11.8 Å². The van der Waals surface area contributed by atoms with Crippen molar-refractivity contribution >= 4 is 34.5 Å². The Morgan fingerprint density at radius 3 is 2.19 bits per heavy atom. The van der Waals surface area contributed by atoms with Gasteiger partial charge < -0.3 is 9.47 Å². The maximum Gasteiger partial charge on any atom is 0.289 e. The van der Waals surface area contributed by atoms with E-state index in [1.165, 1.54) is 5.01 Å².